The van der Waals surface area contributed by atoms with E-state index in [1.54, 1.807) is 6.33 Å². The van der Waals surface area contributed by atoms with E-state index in [0.717, 1.165) is 53.1 Å². The number of anilines is 1. The zero-order valence-corrected chi connectivity index (χ0v) is 13.9. The van der Waals surface area contributed by atoms with Crippen LogP contribution in [-0.2, 0) is 0 Å². The van der Waals surface area contributed by atoms with Crippen LogP contribution in [0.1, 0.15) is 24.6 Å². The molecule has 0 bridgehead atoms. The van der Waals surface area contributed by atoms with E-state index in [4.69, 9.17) is 4.98 Å². The normalized spacial score (nSPS) is 18.8. The fourth-order valence-corrected chi connectivity index (χ4v) is 3.46. The van der Waals surface area contributed by atoms with E-state index in [1.165, 1.54) is 0 Å². The number of piperidine rings is 1. The number of nitrogens with one attached hydrogen (secondary N) is 1. The van der Waals surface area contributed by atoms with Crippen LogP contribution in [0.25, 0.3) is 11.0 Å². The molecule has 3 aromatic rings. The summed E-state index contributed by atoms with van der Waals surface area (Å²) in [6, 6.07) is 4.07. The van der Waals surface area contributed by atoms with Gasteiger partial charge < -0.3 is 0 Å². The number of pyridine rings is 1. The second-order valence-electron chi connectivity index (χ2n) is 5.49. The Morgan fingerprint density at radius 3 is 3.05 bits per heavy atom. The molecule has 1 saturated heterocycles. The Bertz CT molecular complexity index is 788. The van der Waals surface area contributed by atoms with Gasteiger partial charge >= 0.3 is 137 Å². The Hall–Kier alpha value is -1.94. The Kier molecular flexibility index (Phi) is 3.54. The Morgan fingerprint density at radius 2 is 2.18 bits per heavy atom. The number of nitrogens with zero attached hydrogens (tertiary/aromatic N) is 5. The van der Waals surface area contributed by atoms with Crippen molar-refractivity contribution in [1.29, 1.82) is 0 Å². The van der Waals surface area contributed by atoms with E-state index in [2.05, 4.69) is 41.7 Å². The molecule has 4 rings (SSSR count). The Balaban J connectivity index is 1.65. The molecule has 1 aliphatic heterocycles. The molecule has 0 aliphatic carbocycles. The standard InChI is InChI=1S/C15H15AsN6/c16-14-13-11(19-9-20-14)3-4-12(21-13)22-7-1-2-10(8-22)15-17-5-6-18-15/h3-6,9-10H,1-2,7-8H2,(H,17,18). The van der Waals surface area contributed by atoms with Gasteiger partial charge in [-0.25, -0.2) is 0 Å². The van der Waals surface area contributed by atoms with Crippen LogP contribution in [0.4, 0.5) is 5.82 Å². The van der Waals surface area contributed by atoms with Crippen LogP contribution < -0.4 is 9.38 Å². The van der Waals surface area contributed by atoms with Gasteiger partial charge in [-0.15, -0.1) is 0 Å². The summed E-state index contributed by atoms with van der Waals surface area (Å²) in [6.07, 6.45) is 7.59. The van der Waals surface area contributed by atoms with Crippen molar-refractivity contribution in [3.05, 3.63) is 36.7 Å². The van der Waals surface area contributed by atoms with E-state index in [1.807, 2.05) is 24.5 Å². The Labute approximate surface area is 136 Å². The van der Waals surface area contributed by atoms with Gasteiger partial charge in [0.15, 0.2) is 0 Å². The molecule has 1 unspecified atom stereocenters. The fourth-order valence-electron chi connectivity index (χ4n) is 3.00. The summed E-state index contributed by atoms with van der Waals surface area (Å²) in [5.74, 6) is 2.50. The van der Waals surface area contributed by atoms with Gasteiger partial charge in [-0.2, -0.15) is 0 Å². The fraction of sp³-hybridized carbons (Fsp3) is 0.333. The zero-order valence-electron chi connectivity index (χ0n) is 12.0. The van der Waals surface area contributed by atoms with Crippen LogP contribution in [0.15, 0.2) is 30.9 Å². The molecular formula is C15H15AsN6. The van der Waals surface area contributed by atoms with Crippen LogP contribution in [0.5, 0.6) is 0 Å². The molecule has 22 heavy (non-hydrogen) atoms. The quantitative estimate of drug-likeness (QED) is 0.694. The molecule has 7 heteroatoms. The number of rotatable bonds is 2. The first kappa shape index (κ1) is 13.7. The van der Waals surface area contributed by atoms with Crippen LogP contribution in [0, 0.1) is 0 Å². The van der Waals surface area contributed by atoms with E-state index in [0.29, 0.717) is 5.92 Å². The molecular weight excluding hydrogens is 339 g/mol. The van der Waals surface area contributed by atoms with Crippen molar-refractivity contribution in [2.75, 3.05) is 18.0 Å². The van der Waals surface area contributed by atoms with Gasteiger partial charge in [0.2, 0.25) is 0 Å². The van der Waals surface area contributed by atoms with E-state index in [9.17, 15) is 0 Å². The molecule has 0 amide bonds. The van der Waals surface area contributed by atoms with Crippen LogP contribution >= 0.6 is 0 Å². The van der Waals surface area contributed by atoms with Crippen LogP contribution in [0.2, 0.25) is 0 Å². The number of hydrogen-bond donors (Lipinski definition) is 1. The predicted octanol–water partition coefficient (Wildman–Crippen LogP) is 0.926. The minimum atomic E-state index is 0.435. The van der Waals surface area contributed by atoms with Crippen LogP contribution in [0.3, 0.4) is 0 Å². The van der Waals surface area contributed by atoms with Crippen molar-refractivity contribution < 1.29 is 0 Å². The van der Waals surface area contributed by atoms with Crippen molar-refractivity contribution >= 4 is 38.2 Å². The average molecular weight is 354 g/mol. The van der Waals surface area contributed by atoms with E-state index >= 15 is 0 Å². The van der Waals surface area contributed by atoms with Gasteiger partial charge in [0.05, 0.1) is 0 Å². The second kappa shape index (κ2) is 5.69. The van der Waals surface area contributed by atoms with Gasteiger partial charge in [-0.05, 0) is 0 Å². The summed E-state index contributed by atoms with van der Waals surface area (Å²) in [6.45, 7) is 1.96. The van der Waals surface area contributed by atoms with Gasteiger partial charge in [-0.3, -0.25) is 0 Å². The maximum absolute atomic E-state index is 4.77. The van der Waals surface area contributed by atoms with Crippen LogP contribution in [-0.4, -0.2) is 54.9 Å². The minimum absolute atomic E-state index is 0.435. The molecule has 1 N–H and O–H groups in total. The summed E-state index contributed by atoms with van der Waals surface area (Å²) in [5, 5.41) is 0. The summed E-state index contributed by atoms with van der Waals surface area (Å²) in [4.78, 5) is 23.2. The SMILES string of the molecule is [As]c1ncnc2ccc(N3CCCC(c4ncc[nH]4)C3)nc12. The van der Waals surface area contributed by atoms with Crippen molar-refractivity contribution in [2.45, 2.75) is 18.8 Å². The number of hydrogen-bond acceptors (Lipinski definition) is 5. The van der Waals surface area contributed by atoms with Gasteiger partial charge in [0.1, 0.15) is 0 Å². The predicted molar refractivity (Wildman–Crippen MR) is 85.5 cm³/mol. The first-order valence-electron chi connectivity index (χ1n) is 7.36. The number of aromatic nitrogens is 5. The molecule has 3 aromatic heterocycles. The summed E-state index contributed by atoms with van der Waals surface area (Å²) in [7, 11) is 0. The number of imidazole rings is 1. The molecule has 2 radical (unpaired) electrons. The monoisotopic (exact) mass is 354 g/mol. The maximum atomic E-state index is 4.77. The molecule has 6 nitrogen and oxygen atoms in total. The number of aromatic amines is 1. The summed E-state index contributed by atoms with van der Waals surface area (Å²) in [5.41, 5.74) is 1.74. The Morgan fingerprint density at radius 1 is 1.23 bits per heavy atom. The van der Waals surface area contributed by atoms with E-state index in [-0.39, 0.29) is 0 Å². The molecule has 110 valence electrons. The van der Waals surface area contributed by atoms with Gasteiger partial charge in [0.25, 0.3) is 0 Å². The third-order valence-electron chi connectivity index (χ3n) is 4.10. The third-order valence-corrected chi connectivity index (χ3v) is 4.79. The number of fused-ring (bicyclic) bond motifs is 1. The molecule has 1 atom stereocenters. The number of H-pyrrole nitrogens is 1. The summed E-state index contributed by atoms with van der Waals surface area (Å²) < 4.78 is 0.860. The topological polar surface area (TPSA) is 70.6 Å². The first-order valence-corrected chi connectivity index (χ1v) is 8.30. The van der Waals surface area contributed by atoms with Crippen molar-refractivity contribution in [3.63, 3.8) is 0 Å². The molecule has 0 saturated carbocycles. The molecule has 1 fully saturated rings. The van der Waals surface area contributed by atoms with Crippen molar-refractivity contribution in [1.82, 2.24) is 24.9 Å². The molecule has 0 aromatic carbocycles. The first-order chi connectivity index (χ1) is 10.8. The molecule has 4 heterocycles. The van der Waals surface area contributed by atoms with Crippen molar-refractivity contribution in [3.8, 4) is 0 Å². The summed E-state index contributed by atoms with van der Waals surface area (Å²) >= 11 is 2.47. The molecule has 0 spiro atoms. The second-order valence-corrected chi connectivity index (χ2v) is 6.38. The van der Waals surface area contributed by atoms with E-state index < -0.39 is 0 Å². The van der Waals surface area contributed by atoms with Crippen molar-refractivity contribution in [2.24, 2.45) is 0 Å². The molecule has 1 aliphatic rings. The third kappa shape index (κ3) is 2.48. The average Bonchev–Trinajstić information content (AvgIpc) is 3.10. The van der Waals surface area contributed by atoms with Gasteiger partial charge in [0, 0.05) is 0 Å². The van der Waals surface area contributed by atoms with Gasteiger partial charge in [-0.1, -0.05) is 0 Å². The zero-order chi connectivity index (χ0) is 14.9.